The molecule has 5 rings (SSSR count). The van der Waals surface area contributed by atoms with Crippen LogP contribution in [0.15, 0.2) is 24.3 Å². The van der Waals surface area contributed by atoms with Gasteiger partial charge in [-0.05, 0) is 49.9 Å². The number of hydrogen-bond donors (Lipinski definition) is 12. The van der Waals surface area contributed by atoms with E-state index >= 15 is 0 Å². The molecule has 0 atom stereocenters. The summed E-state index contributed by atoms with van der Waals surface area (Å²) < 4.78 is 0. The number of phenols is 8. The molecular weight excluding hydrogens is 809 g/mol. The van der Waals surface area contributed by atoms with Crippen molar-refractivity contribution in [1.82, 2.24) is 0 Å². The van der Waals surface area contributed by atoms with E-state index in [2.05, 4.69) is 49.0 Å². The van der Waals surface area contributed by atoms with Crippen molar-refractivity contribution in [3.8, 4) is 46.0 Å². The van der Waals surface area contributed by atoms with Crippen molar-refractivity contribution >= 4 is 0 Å². The van der Waals surface area contributed by atoms with Crippen LogP contribution in [0.1, 0.15) is 197 Å². The lowest BCUT2D eigenvalue weighted by Gasteiger charge is -2.28. The average molecular weight is 889 g/mol. The van der Waals surface area contributed by atoms with E-state index in [1.165, 1.54) is 0 Å². The molecule has 0 spiro atoms. The third-order valence-corrected chi connectivity index (χ3v) is 13.9. The van der Waals surface area contributed by atoms with Crippen molar-refractivity contribution in [3.63, 3.8) is 0 Å². The quantitative estimate of drug-likeness (QED) is 0.0492. The van der Waals surface area contributed by atoms with Gasteiger partial charge in [0.25, 0.3) is 0 Å². The molecule has 0 amide bonds. The van der Waals surface area contributed by atoms with Crippen LogP contribution in [-0.4, -0.2) is 67.0 Å². The first-order chi connectivity index (χ1) is 30.7. The maximum Gasteiger partial charge on any atom is 0.131 e. The van der Waals surface area contributed by atoms with Crippen LogP contribution in [0.3, 0.4) is 0 Å². The summed E-state index contributed by atoms with van der Waals surface area (Å²) in [6, 6.07) is 7.03. The summed E-state index contributed by atoms with van der Waals surface area (Å²) in [6.07, 6.45) is 7.77. The Morgan fingerprint density at radius 1 is 0.312 bits per heavy atom. The van der Waals surface area contributed by atoms with E-state index < -0.39 is 23.7 Å². The molecule has 4 aromatic carbocycles. The van der Waals surface area contributed by atoms with Gasteiger partial charge in [-0.2, -0.15) is 0 Å². The molecule has 0 saturated carbocycles. The zero-order chi connectivity index (χ0) is 46.8. The van der Waals surface area contributed by atoms with Gasteiger partial charge in [-0.3, -0.25) is 0 Å². The van der Waals surface area contributed by atoms with Crippen LogP contribution < -0.4 is 21.3 Å². The predicted molar refractivity (Wildman–Crippen MR) is 251 cm³/mol. The van der Waals surface area contributed by atoms with Gasteiger partial charge in [0.2, 0.25) is 0 Å². The van der Waals surface area contributed by atoms with E-state index in [9.17, 15) is 40.9 Å². The molecule has 0 aromatic heterocycles. The van der Waals surface area contributed by atoms with Crippen LogP contribution in [0.4, 0.5) is 0 Å². The number of rotatable bonds is 20. The van der Waals surface area contributed by atoms with Gasteiger partial charge in [-0.15, -0.1) is 0 Å². The number of phenolic OH excluding ortho intramolecular Hbond substituents is 8. The molecule has 0 heterocycles. The van der Waals surface area contributed by atoms with Crippen LogP contribution in [0.5, 0.6) is 46.0 Å². The number of quaternary nitrogens is 4. The normalized spacial score (nSPS) is 17.2. The molecule has 0 fully saturated rings. The Morgan fingerprint density at radius 2 is 0.469 bits per heavy atom. The maximum absolute atomic E-state index is 12.2. The highest BCUT2D eigenvalue weighted by atomic mass is 16.3. The third-order valence-electron chi connectivity index (χ3n) is 13.9. The molecule has 8 bridgehead atoms. The summed E-state index contributed by atoms with van der Waals surface area (Å²) >= 11 is 0. The first kappa shape index (κ1) is 50.1. The average Bonchev–Trinajstić information content (AvgIpc) is 3.27. The second kappa shape index (κ2) is 22.8. The summed E-state index contributed by atoms with van der Waals surface area (Å²) in [6.45, 7) is 20.3. The first-order valence-electron chi connectivity index (χ1n) is 24.2. The van der Waals surface area contributed by atoms with Gasteiger partial charge in [-0.25, -0.2) is 0 Å². The van der Waals surface area contributed by atoms with Gasteiger partial charge >= 0.3 is 0 Å². The Balaban J connectivity index is 1.92. The van der Waals surface area contributed by atoms with Crippen molar-refractivity contribution in [2.45, 2.75) is 157 Å². The van der Waals surface area contributed by atoms with E-state index in [4.69, 9.17) is 0 Å². The maximum atomic E-state index is 12.2. The molecule has 0 unspecified atom stereocenters. The van der Waals surface area contributed by atoms with Crippen molar-refractivity contribution in [2.75, 3.05) is 26.2 Å². The molecule has 0 aliphatic heterocycles. The lowest BCUT2D eigenvalue weighted by molar-refractivity contribution is -0.671. The van der Waals surface area contributed by atoms with Crippen LogP contribution in [0.25, 0.3) is 0 Å². The second-order valence-corrected chi connectivity index (χ2v) is 18.4. The van der Waals surface area contributed by atoms with Crippen LogP contribution >= 0.6 is 0 Å². The zero-order valence-electron chi connectivity index (χ0n) is 39.8. The smallest absolute Gasteiger partial charge is 0.131 e. The Morgan fingerprint density at radius 3 is 0.609 bits per heavy atom. The van der Waals surface area contributed by atoms with Crippen molar-refractivity contribution in [2.24, 2.45) is 0 Å². The SMILES string of the molecule is CCCC[NH2+]Cc1c(O)c2cc(c1O)C(C)c1cc(c(O)c(C[NH2+]CCCC)c1O)C(C)c1cc(c(O)c(C[NH2+]CCCC)c1O)C(C)c1cc(c(O)c(C[NH2+]CCCC)c1O)C2C. The fourth-order valence-corrected chi connectivity index (χ4v) is 9.52. The van der Waals surface area contributed by atoms with E-state index in [-0.39, 0.29) is 72.2 Å². The minimum atomic E-state index is -0.657. The van der Waals surface area contributed by atoms with E-state index in [0.717, 1.165) is 77.5 Å². The van der Waals surface area contributed by atoms with Gasteiger partial charge in [-0.1, -0.05) is 81.1 Å². The zero-order valence-corrected chi connectivity index (χ0v) is 39.8. The Hall–Kier alpha value is -4.88. The highest BCUT2D eigenvalue weighted by molar-refractivity contribution is 5.67. The van der Waals surface area contributed by atoms with E-state index in [1.54, 1.807) is 24.3 Å². The van der Waals surface area contributed by atoms with Gasteiger partial charge in [0, 0.05) is 68.2 Å². The summed E-state index contributed by atoms with van der Waals surface area (Å²) in [5.41, 5.74) is 5.09. The van der Waals surface area contributed by atoms with Gasteiger partial charge < -0.3 is 62.1 Å². The molecule has 0 saturated heterocycles. The summed E-state index contributed by atoms with van der Waals surface area (Å²) in [5.74, 6) is -3.35. The number of unbranched alkanes of at least 4 members (excludes halogenated alkanes) is 4. The van der Waals surface area contributed by atoms with Crippen molar-refractivity contribution in [3.05, 3.63) is 91.0 Å². The fourth-order valence-electron chi connectivity index (χ4n) is 9.52. The molecule has 64 heavy (non-hydrogen) atoms. The molecule has 12 heteroatoms. The second-order valence-electron chi connectivity index (χ2n) is 18.4. The van der Waals surface area contributed by atoms with Crippen molar-refractivity contribution in [1.29, 1.82) is 0 Å². The van der Waals surface area contributed by atoms with Gasteiger partial charge in [0.1, 0.15) is 72.2 Å². The number of hydrogen-bond acceptors (Lipinski definition) is 8. The van der Waals surface area contributed by atoms with Gasteiger partial charge in [0.05, 0.1) is 48.4 Å². The lowest BCUT2D eigenvalue weighted by Crippen LogP contribution is -2.82. The molecule has 352 valence electrons. The predicted octanol–water partition coefficient (Wildman–Crippen LogP) is 5.71. The topological polar surface area (TPSA) is 228 Å². The van der Waals surface area contributed by atoms with Crippen LogP contribution in [0, 0.1) is 0 Å². The van der Waals surface area contributed by atoms with E-state index in [1.807, 2.05) is 27.7 Å². The van der Waals surface area contributed by atoms with Crippen LogP contribution in [0.2, 0.25) is 0 Å². The molecule has 16 N–H and O–H groups in total. The molecule has 1 aliphatic rings. The minimum absolute atomic E-state index is 0.0896. The molecule has 1 aliphatic carbocycles. The highest BCUT2D eigenvalue weighted by Crippen LogP contribution is 2.53. The number of aromatic hydroxyl groups is 8. The summed E-state index contributed by atoms with van der Waals surface area (Å²) in [5, 5.41) is 106. The number of benzene rings is 4. The Labute approximate surface area is 380 Å². The van der Waals surface area contributed by atoms with Gasteiger partial charge in [0.15, 0.2) is 0 Å². The molecular formula is C52H80N4O8+4. The number of nitrogens with two attached hydrogens (primary N) is 4. The fraction of sp³-hybridized carbons (Fsp3) is 0.538. The minimum Gasteiger partial charge on any atom is -0.507 e. The lowest BCUT2D eigenvalue weighted by atomic mass is 9.78. The molecule has 4 aromatic rings. The molecule has 12 nitrogen and oxygen atoms in total. The first-order valence-corrected chi connectivity index (χ1v) is 24.2. The highest BCUT2D eigenvalue weighted by Gasteiger charge is 2.35. The van der Waals surface area contributed by atoms with Crippen LogP contribution in [-0.2, 0) is 26.2 Å². The third kappa shape index (κ3) is 10.5. The molecule has 0 radical (unpaired) electrons. The van der Waals surface area contributed by atoms with E-state index in [0.29, 0.717) is 66.8 Å². The standard InChI is InChI=1S/C52H76N4O8/c1-9-13-17-53-25-41-45(57)33-21-34(46(41)58)30(6)36-23-38(50(62)43(48(36)60)27-55-19-15-11-3)32(8)40-24-39(51(63)44(52(40)64)28-56-20-16-12-4)31(7)37-22-35(29(33)5)47(59)42(49(37)61)26-54-18-14-10-2/h21-24,29-32,53-64H,9-20,25-28H2,1-8H3/p+4. The Bertz CT molecular complexity index is 1800. The van der Waals surface area contributed by atoms with Crippen molar-refractivity contribution < 1.29 is 62.1 Å². The summed E-state index contributed by atoms with van der Waals surface area (Å²) in [7, 11) is 0. The monoisotopic (exact) mass is 889 g/mol. The number of fused-ring (bicyclic) bond motifs is 8. The Kier molecular flexibility index (Phi) is 17.9. The summed E-state index contributed by atoms with van der Waals surface area (Å²) in [4.78, 5) is 0. The largest absolute Gasteiger partial charge is 0.507 e.